The smallest absolute Gasteiger partial charge is 0.243 e. The third-order valence-corrected chi connectivity index (χ3v) is 5.82. The highest BCUT2D eigenvalue weighted by Gasteiger charge is 2.23. The van der Waals surface area contributed by atoms with Crippen molar-refractivity contribution in [2.24, 2.45) is 0 Å². The maximum absolute atomic E-state index is 12.6. The standard InChI is InChI=1S/C19H19N3O3S/c1-14-8-10-16(11-9-14)26(24,25)22(2)13-18(23)21-17-7-3-5-15-6-4-12-20-19(15)17/h3-12H,13H2,1-2H3,(H,21,23). The first-order valence-corrected chi connectivity index (χ1v) is 9.48. The van der Waals surface area contributed by atoms with Crippen molar-refractivity contribution >= 4 is 32.5 Å². The lowest BCUT2D eigenvalue weighted by Crippen LogP contribution is -2.35. The summed E-state index contributed by atoms with van der Waals surface area (Å²) < 4.78 is 26.2. The number of nitrogens with one attached hydrogen (secondary N) is 1. The number of likely N-dealkylation sites (N-methyl/N-ethyl adjacent to an activating group) is 1. The molecular weight excluding hydrogens is 350 g/mol. The van der Waals surface area contributed by atoms with Gasteiger partial charge in [-0.3, -0.25) is 9.78 Å². The fourth-order valence-corrected chi connectivity index (χ4v) is 3.70. The molecule has 1 aromatic heterocycles. The number of carbonyl (C=O) groups is 1. The lowest BCUT2D eigenvalue weighted by atomic mass is 10.2. The van der Waals surface area contributed by atoms with Gasteiger partial charge in [0.15, 0.2) is 0 Å². The van der Waals surface area contributed by atoms with Gasteiger partial charge in [-0.1, -0.05) is 35.9 Å². The molecule has 0 fully saturated rings. The van der Waals surface area contributed by atoms with E-state index in [1.54, 1.807) is 24.4 Å². The van der Waals surface area contributed by atoms with Crippen LogP contribution in [0.5, 0.6) is 0 Å². The SMILES string of the molecule is Cc1ccc(S(=O)(=O)N(C)CC(=O)Nc2cccc3cccnc23)cc1. The van der Waals surface area contributed by atoms with E-state index in [1.165, 1.54) is 19.2 Å². The maximum atomic E-state index is 12.6. The van der Waals surface area contributed by atoms with Crippen LogP contribution in [0.4, 0.5) is 5.69 Å². The van der Waals surface area contributed by atoms with E-state index in [9.17, 15) is 13.2 Å². The van der Waals surface area contributed by atoms with Crippen LogP contribution >= 0.6 is 0 Å². The molecule has 0 aliphatic carbocycles. The number of sulfonamides is 1. The van der Waals surface area contributed by atoms with Crippen LogP contribution in [0.3, 0.4) is 0 Å². The van der Waals surface area contributed by atoms with E-state index in [1.807, 2.05) is 31.2 Å². The third-order valence-electron chi connectivity index (χ3n) is 4.00. The molecule has 0 aliphatic rings. The Balaban J connectivity index is 1.76. The average molecular weight is 369 g/mol. The second-order valence-electron chi connectivity index (χ2n) is 6.00. The fraction of sp³-hybridized carbons (Fsp3) is 0.158. The lowest BCUT2D eigenvalue weighted by molar-refractivity contribution is -0.116. The molecule has 0 radical (unpaired) electrons. The van der Waals surface area contributed by atoms with E-state index in [0.29, 0.717) is 11.2 Å². The van der Waals surface area contributed by atoms with Crippen LogP contribution < -0.4 is 5.32 Å². The number of amides is 1. The molecule has 7 heteroatoms. The number of rotatable bonds is 5. The molecule has 2 aromatic carbocycles. The molecule has 1 amide bonds. The zero-order valence-corrected chi connectivity index (χ0v) is 15.3. The minimum atomic E-state index is -3.73. The topological polar surface area (TPSA) is 79.4 Å². The van der Waals surface area contributed by atoms with Crippen molar-refractivity contribution < 1.29 is 13.2 Å². The Morgan fingerprint density at radius 3 is 2.50 bits per heavy atom. The van der Waals surface area contributed by atoms with Crippen molar-refractivity contribution in [2.75, 3.05) is 18.9 Å². The Labute approximate surface area is 152 Å². The van der Waals surface area contributed by atoms with Gasteiger partial charge in [0.1, 0.15) is 0 Å². The Hall–Kier alpha value is -2.77. The summed E-state index contributed by atoms with van der Waals surface area (Å²) >= 11 is 0. The Morgan fingerprint density at radius 2 is 1.77 bits per heavy atom. The summed E-state index contributed by atoms with van der Waals surface area (Å²) in [5.41, 5.74) is 2.18. The van der Waals surface area contributed by atoms with Gasteiger partial charge in [-0.2, -0.15) is 4.31 Å². The number of aromatic nitrogens is 1. The molecule has 0 saturated heterocycles. The molecule has 0 aliphatic heterocycles. The van der Waals surface area contributed by atoms with Crippen LogP contribution in [0, 0.1) is 6.92 Å². The number of carbonyl (C=O) groups excluding carboxylic acids is 1. The van der Waals surface area contributed by atoms with Gasteiger partial charge in [-0.15, -0.1) is 0 Å². The molecule has 134 valence electrons. The quantitative estimate of drug-likeness (QED) is 0.750. The average Bonchev–Trinajstić information content (AvgIpc) is 2.62. The number of aryl methyl sites for hydroxylation is 1. The monoisotopic (exact) mass is 369 g/mol. The zero-order chi connectivity index (χ0) is 18.7. The molecule has 1 heterocycles. The Morgan fingerprint density at radius 1 is 1.08 bits per heavy atom. The number of anilines is 1. The van der Waals surface area contributed by atoms with Gasteiger partial charge in [0.2, 0.25) is 15.9 Å². The van der Waals surface area contributed by atoms with Gasteiger partial charge in [-0.25, -0.2) is 8.42 Å². The second-order valence-corrected chi connectivity index (χ2v) is 8.05. The number of hydrogen-bond acceptors (Lipinski definition) is 4. The molecule has 0 unspecified atom stereocenters. The summed E-state index contributed by atoms with van der Waals surface area (Å²) in [4.78, 5) is 16.8. The predicted molar refractivity (Wildman–Crippen MR) is 101 cm³/mol. The van der Waals surface area contributed by atoms with Crippen molar-refractivity contribution in [1.82, 2.24) is 9.29 Å². The molecule has 0 spiro atoms. The first-order chi connectivity index (χ1) is 12.4. The lowest BCUT2D eigenvalue weighted by Gasteiger charge is -2.17. The number of pyridine rings is 1. The number of nitrogens with zero attached hydrogens (tertiary/aromatic N) is 2. The molecule has 6 nitrogen and oxygen atoms in total. The molecule has 3 aromatic rings. The highest BCUT2D eigenvalue weighted by Crippen LogP contribution is 2.21. The molecule has 3 rings (SSSR count). The highest BCUT2D eigenvalue weighted by molar-refractivity contribution is 7.89. The zero-order valence-electron chi connectivity index (χ0n) is 14.5. The van der Waals surface area contributed by atoms with Crippen molar-refractivity contribution in [2.45, 2.75) is 11.8 Å². The summed E-state index contributed by atoms with van der Waals surface area (Å²) in [6, 6.07) is 15.7. The van der Waals surface area contributed by atoms with Gasteiger partial charge < -0.3 is 5.32 Å². The van der Waals surface area contributed by atoms with Crippen molar-refractivity contribution in [1.29, 1.82) is 0 Å². The van der Waals surface area contributed by atoms with Gasteiger partial charge >= 0.3 is 0 Å². The third kappa shape index (κ3) is 3.74. The first kappa shape index (κ1) is 18.0. The molecule has 26 heavy (non-hydrogen) atoms. The number of benzene rings is 2. The minimum absolute atomic E-state index is 0.158. The Bertz CT molecular complexity index is 1040. The van der Waals surface area contributed by atoms with E-state index < -0.39 is 15.9 Å². The predicted octanol–water partition coefficient (Wildman–Crippen LogP) is 2.80. The van der Waals surface area contributed by atoms with Crippen molar-refractivity contribution in [3.8, 4) is 0 Å². The van der Waals surface area contributed by atoms with E-state index in [0.717, 1.165) is 15.3 Å². The minimum Gasteiger partial charge on any atom is -0.323 e. The van der Waals surface area contributed by atoms with E-state index in [4.69, 9.17) is 0 Å². The number of hydrogen-bond donors (Lipinski definition) is 1. The van der Waals surface area contributed by atoms with Gasteiger partial charge in [-0.05, 0) is 31.2 Å². The van der Waals surface area contributed by atoms with Crippen LogP contribution in [0.15, 0.2) is 65.7 Å². The number of fused-ring (bicyclic) bond motifs is 1. The second kappa shape index (κ2) is 7.23. The number of para-hydroxylation sites is 1. The van der Waals surface area contributed by atoms with Gasteiger partial charge in [0.05, 0.1) is 22.6 Å². The largest absolute Gasteiger partial charge is 0.323 e. The normalized spacial score (nSPS) is 11.7. The van der Waals surface area contributed by atoms with E-state index in [-0.39, 0.29) is 11.4 Å². The van der Waals surface area contributed by atoms with Crippen molar-refractivity contribution in [3.63, 3.8) is 0 Å². The van der Waals surface area contributed by atoms with E-state index >= 15 is 0 Å². The first-order valence-electron chi connectivity index (χ1n) is 8.04. The van der Waals surface area contributed by atoms with Gasteiger partial charge in [0, 0.05) is 18.6 Å². The van der Waals surface area contributed by atoms with E-state index in [2.05, 4.69) is 10.3 Å². The fourth-order valence-electron chi connectivity index (χ4n) is 2.57. The van der Waals surface area contributed by atoms with Crippen LogP contribution in [0.2, 0.25) is 0 Å². The van der Waals surface area contributed by atoms with Crippen LogP contribution in [0.25, 0.3) is 10.9 Å². The maximum Gasteiger partial charge on any atom is 0.243 e. The van der Waals surface area contributed by atoms with Crippen LogP contribution in [-0.2, 0) is 14.8 Å². The summed E-state index contributed by atoms with van der Waals surface area (Å²) in [5.74, 6) is -0.429. The molecule has 0 saturated carbocycles. The van der Waals surface area contributed by atoms with Gasteiger partial charge in [0.25, 0.3) is 0 Å². The molecule has 0 bridgehead atoms. The Kier molecular flexibility index (Phi) is 5.01. The summed E-state index contributed by atoms with van der Waals surface area (Å²) in [5, 5.41) is 3.64. The molecular formula is C19H19N3O3S. The molecule has 0 atom stereocenters. The van der Waals surface area contributed by atoms with Crippen molar-refractivity contribution in [3.05, 3.63) is 66.4 Å². The highest BCUT2D eigenvalue weighted by atomic mass is 32.2. The van der Waals surface area contributed by atoms with Crippen LogP contribution in [-0.4, -0.2) is 37.2 Å². The summed E-state index contributed by atoms with van der Waals surface area (Å²) in [6.07, 6.45) is 1.64. The molecule has 1 N–H and O–H groups in total. The summed E-state index contributed by atoms with van der Waals surface area (Å²) in [6.45, 7) is 1.59. The summed E-state index contributed by atoms with van der Waals surface area (Å²) in [7, 11) is -2.34. The van der Waals surface area contributed by atoms with Crippen LogP contribution in [0.1, 0.15) is 5.56 Å².